The normalized spacial score (nSPS) is 25.3. The van der Waals surface area contributed by atoms with Gasteiger partial charge in [-0.1, -0.05) is 30.3 Å². The van der Waals surface area contributed by atoms with Gasteiger partial charge in [-0.3, -0.25) is 14.4 Å². The van der Waals surface area contributed by atoms with E-state index in [1.54, 1.807) is 0 Å². The van der Waals surface area contributed by atoms with Gasteiger partial charge in [-0.05, 0) is 31.2 Å². The Labute approximate surface area is 165 Å². The first kappa shape index (κ1) is 18.9. The van der Waals surface area contributed by atoms with Crippen molar-refractivity contribution in [3.05, 3.63) is 35.9 Å². The maximum atomic E-state index is 12.9. The van der Waals surface area contributed by atoms with E-state index in [9.17, 15) is 14.4 Å². The van der Waals surface area contributed by atoms with Gasteiger partial charge in [0.05, 0.1) is 6.04 Å². The van der Waals surface area contributed by atoms with E-state index in [1.807, 2.05) is 40.1 Å². The van der Waals surface area contributed by atoms with Crippen LogP contribution in [0.1, 0.15) is 43.7 Å². The van der Waals surface area contributed by atoms with Gasteiger partial charge in [0.25, 0.3) is 5.91 Å². The van der Waals surface area contributed by atoms with Crippen LogP contribution in [0.2, 0.25) is 0 Å². The number of hydrogen-bond donors (Lipinski definition) is 1. The number of nitrogens with zero attached hydrogens (tertiary/aromatic N) is 2. The van der Waals surface area contributed by atoms with Crippen molar-refractivity contribution in [2.75, 3.05) is 26.2 Å². The SMILES string of the molecule is O=C(NCCCN1CCCC1=O)[C@@H]1OCC(=O)N(C2CC2)[C@H]1c1ccccc1. The van der Waals surface area contributed by atoms with Gasteiger partial charge in [-0.15, -0.1) is 0 Å². The fraction of sp³-hybridized carbons (Fsp3) is 0.571. The minimum atomic E-state index is -0.714. The van der Waals surface area contributed by atoms with Crippen molar-refractivity contribution in [2.24, 2.45) is 0 Å². The highest BCUT2D eigenvalue weighted by Gasteiger charge is 2.47. The maximum Gasteiger partial charge on any atom is 0.251 e. The molecule has 4 rings (SSSR count). The molecular weight excluding hydrogens is 358 g/mol. The van der Waals surface area contributed by atoms with Crippen LogP contribution in [0.15, 0.2) is 30.3 Å². The highest BCUT2D eigenvalue weighted by molar-refractivity contribution is 5.86. The first-order valence-corrected chi connectivity index (χ1v) is 10.2. The Bertz CT molecular complexity index is 734. The smallest absolute Gasteiger partial charge is 0.251 e. The fourth-order valence-electron chi connectivity index (χ4n) is 4.14. The number of nitrogens with one attached hydrogen (secondary N) is 1. The van der Waals surface area contributed by atoms with Crippen LogP contribution in [-0.4, -0.2) is 65.9 Å². The molecule has 1 saturated carbocycles. The highest BCUT2D eigenvalue weighted by Crippen LogP contribution is 2.39. The predicted octanol–water partition coefficient (Wildman–Crippen LogP) is 1.25. The number of amides is 3. The van der Waals surface area contributed by atoms with Gasteiger partial charge in [0.2, 0.25) is 11.8 Å². The topological polar surface area (TPSA) is 79.0 Å². The lowest BCUT2D eigenvalue weighted by atomic mass is 9.96. The summed E-state index contributed by atoms with van der Waals surface area (Å²) in [4.78, 5) is 40.8. The Morgan fingerprint density at radius 2 is 1.93 bits per heavy atom. The van der Waals surface area contributed by atoms with Gasteiger partial charge in [-0.2, -0.15) is 0 Å². The molecule has 3 aliphatic rings. The van der Waals surface area contributed by atoms with Gasteiger partial charge < -0.3 is 19.9 Å². The lowest BCUT2D eigenvalue weighted by molar-refractivity contribution is -0.165. The van der Waals surface area contributed by atoms with E-state index in [0.29, 0.717) is 25.9 Å². The van der Waals surface area contributed by atoms with Crippen LogP contribution in [0, 0.1) is 0 Å². The van der Waals surface area contributed by atoms with Gasteiger partial charge >= 0.3 is 0 Å². The molecule has 0 spiro atoms. The van der Waals surface area contributed by atoms with Crippen LogP contribution >= 0.6 is 0 Å². The second-order valence-corrected chi connectivity index (χ2v) is 7.75. The van der Waals surface area contributed by atoms with E-state index in [-0.39, 0.29) is 30.4 Å². The summed E-state index contributed by atoms with van der Waals surface area (Å²) in [6.45, 7) is 1.91. The van der Waals surface area contributed by atoms with Gasteiger partial charge in [0.15, 0.2) is 6.10 Å². The molecule has 7 heteroatoms. The van der Waals surface area contributed by atoms with Crippen molar-refractivity contribution in [3.63, 3.8) is 0 Å². The van der Waals surface area contributed by atoms with Crippen LogP contribution in [0.25, 0.3) is 0 Å². The van der Waals surface area contributed by atoms with E-state index in [4.69, 9.17) is 4.74 Å². The van der Waals surface area contributed by atoms with Crippen molar-refractivity contribution in [1.29, 1.82) is 0 Å². The molecule has 2 atom stereocenters. The zero-order chi connectivity index (χ0) is 19.5. The number of carbonyl (C=O) groups is 3. The van der Waals surface area contributed by atoms with Crippen molar-refractivity contribution in [1.82, 2.24) is 15.1 Å². The number of benzene rings is 1. The van der Waals surface area contributed by atoms with Gasteiger partial charge in [-0.25, -0.2) is 0 Å². The Kier molecular flexibility index (Phi) is 5.62. The number of morpholine rings is 1. The van der Waals surface area contributed by atoms with E-state index in [0.717, 1.165) is 31.4 Å². The fourth-order valence-corrected chi connectivity index (χ4v) is 4.14. The van der Waals surface area contributed by atoms with Crippen LogP contribution in [0.3, 0.4) is 0 Å². The van der Waals surface area contributed by atoms with E-state index >= 15 is 0 Å². The first-order chi connectivity index (χ1) is 13.6. The number of hydrogen-bond acceptors (Lipinski definition) is 4. The predicted molar refractivity (Wildman–Crippen MR) is 102 cm³/mol. The van der Waals surface area contributed by atoms with Crippen molar-refractivity contribution in [3.8, 4) is 0 Å². The summed E-state index contributed by atoms with van der Waals surface area (Å²) in [5.74, 6) is -0.0441. The van der Waals surface area contributed by atoms with Crippen molar-refractivity contribution in [2.45, 2.75) is 50.3 Å². The minimum absolute atomic E-state index is 0.0482. The number of rotatable bonds is 7. The summed E-state index contributed by atoms with van der Waals surface area (Å²) in [5, 5.41) is 2.95. The lowest BCUT2D eigenvalue weighted by Crippen LogP contribution is -2.55. The summed E-state index contributed by atoms with van der Waals surface area (Å²) >= 11 is 0. The average molecular weight is 385 g/mol. The van der Waals surface area contributed by atoms with E-state index in [2.05, 4.69) is 5.32 Å². The summed E-state index contributed by atoms with van der Waals surface area (Å²) in [6, 6.07) is 9.46. The van der Waals surface area contributed by atoms with Gasteiger partial charge in [0, 0.05) is 32.1 Å². The second kappa shape index (κ2) is 8.31. The lowest BCUT2D eigenvalue weighted by Gasteiger charge is -2.40. The number of likely N-dealkylation sites (tertiary alicyclic amines) is 1. The standard InChI is InChI=1S/C21H27N3O4/c25-17-8-4-12-23(17)13-5-11-22-21(27)20-19(15-6-2-1-3-7-15)24(16-9-10-16)18(26)14-28-20/h1-3,6-7,16,19-20H,4-5,8-14H2,(H,22,27)/t19-,20+/m0/s1. The van der Waals surface area contributed by atoms with Crippen molar-refractivity contribution >= 4 is 17.7 Å². The molecule has 2 saturated heterocycles. The maximum absolute atomic E-state index is 12.9. The molecule has 3 fully saturated rings. The Balaban J connectivity index is 1.40. The minimum Gasteiger partial charge on any atom is -0.356 e. The molecular formula is C21H27N3O4. The molecule has 2 aliphatic heterocycles. The largest absolute Gasteiger partial charge is 0.356 e. The third kappa shape index (κ3) is 4.04. The van der Waals surface area contributed by atoms with Crippen LogP contribution < -0.4 is 5.32 Å². The van der Waals surface area contributed by atoms with Crippen LogP contribution in [0.5, 0.6) is 0 Å². The third-order valence-electron chi connectivity index (χ3n) is 5.68. The number of carbonyl (C=O) groups excluding carboxylic acids is 3. The monoisotopic (exact) mass is 385 g/mol. The van der Waals surface area contributed by atoms with Crippen LogP contribution in [0.4, 0.5) is 0 Å². The third-order valence-corrected chi connectivity index (χ3v) is 5.68. The zero-order valence-electron chi connectivity index (χ0n) is 16.0. The second-order valence-electron chi connectivity index (χ2n) is 7.75. The van der Waals surface area contributed by atoms with E-state index in [1.165, 1.54) is 0 Å². The first-order valence-electron chi connectivity index (χ1n) is 10.2. The summed E-state index contributed by atoms with van der Waals surface area (Å²) < 4.78 is 5.71. The Morgan fingerprint density at radius 3 is 2.61 bits per heavy atom. The quantitative estimate of drug-likeness (QED) is 0.717. The summed E-state index contributed by atoms with van der Waals surface area (Å²) in [7, 11) is 0. The molecule has 1 aromatic carbocycles. The molecule has 7 nitrogen and oxygen atoms in total. The average Bonchev–Trinajstić information content (AvgIpc) is 3.47. The highest BCUT2D eigenvalue weighted by atomic mass is 16.5. The Hall–Kier alpha value is -2.41. The molecule has 0 unspecified atom stereocenters. The van der Waals surface area contributed by atoms with Gasteiger partial charge in [0.1, 0.15) is 6.61 Å². The molecule has 150 valence electrons. The summed E-state index contributed by atoms with van der Waals surface area (Å²) in [6.07, 6.45) is 3.51. The number of ether oxygens (including phenoxy) is 1. The molecule has 2 heterocycles. The van der Waals surface area contributed by atoms with E-state index < -0.39 is 12.1 Å². The van der Waals surface area contributed by atoms with Crippen LogP contribution in [-0.2, 0) is 19.1 Å². The molecule has 0 aromatic heterocycles. The zero-order valence-corrected chi connectivity index (χ0v) is 16.0. The molecule has 1 aromatic rings. The Morgan fingerprint density at radius 1 is 1.14 bits per heavy atom. The molecule has 1 aliphatic carbocycles. The molecule has 1 N–H and O–H groups in total. The molecule has 0 bridgehead atoms. The molecule has 0 radical (unpaired) electrons. The summed E-state index contributed by atoms with van der Waals surface area (Å²) in [5.41, 5.74) is 0.922. The molecule has 3 amide bonds. The van der Waals surface area contributed by atoms with Crippen molar-refractivity contribution < 1.29 is 19.1 Å². The molecule has 28 heavy (non-hydrogen) atoms.